The molecule has 0 saturated carbocycles. The molecule has 0 aliphatic carbocycles. The van der Waals surface area contributed by atoms with E-state index in [1.54, 1.807) is 18.2 Å². The van der Waals surface area contributed by atoms with Crippen LogP contribution in [0.15, 0.2) is 22.6 Å². The van der Waals surface area contributed by atoms with Crippen molar-refractivity contribution < 1.29 is 13.9 Å². The largest absolute Gasteiger partial charge is 0.465 e. The number of carbonyl (C=O) groups is 1. The minimum absolute atomic E-state index is 0.280. The zero-order chi connectivity index (χ0) is 13.5. The van der Waals surface area contributed by atoms with Crippen molar-refractivity contribution in [2.24, 2.45) is 0 Å². The number of fused-ring (bicyclic) bond motifs is 1. The number of nitrogen functional groups attached to an aromatic ring is 1. The van der Waals surface area contributed by atoms with E-state index in [1.807, 2.05) is 20.8 Å². The van der Waals surface area contributed by atoms with E-state index in [0.717, 1.165) is 0 Å². The van der Waals surface area contributed by atoms with Gasteiger partial charge >= 0.3 is 5.97 Å². The number of benzene rings is 1. The number of carbonyl (C=O) groups excluding carboxylic acids is 1. The Hall–Kier alpha value is -1.97. The first-order chi connectivity index (χ1) is 8.34. The van der Waals surface area contributed by atoms with Gasteiger partial charge in [0.05, 0.1) is 7.11 Å². The van der Waals surface area contributed by atoms with Crippen molar-refractivity contribution in [3.8, 4) is 0 Å². The van der Waals surface area contributed by atoms with E-state index in [1.165, 1.54) is 7.11 Å². The second kappa shape index (κ2) is 4.05. The van der Waals surface area contributed by atoms with Gasteiger partial charge in [0.2, 0.25) is 0 Å². The molecule has 0 amide bonds. The van der Waals surface area contributed by atoms with Crippen LogP contribution in [0.1, 0.15) is 36.9 Å². The van der Waals surface area contributed by atoms with Gasteiger partial charge in [-0.1, -0.05) is 20.8 Å². The fourth-order valence-corrected chi connectivity index (χ4v) is 1.95. The number of esters is 1. The van der Waals surface area contributed by atoms with E-state index < -0.39 is 5.97 Å². The fourth-order valence-electron chi connectivity index (χ4n) is 1.95. The molecule has 0 radical (unpaired) electrons. The molecule has 1 heterocycles. The van der Waals surface area contributed by atoms with Gasteiger partial charge in [-0.05, 0) is 18.2 Å². The molecule has 0 aliphatic rings. The van der Waals surface area contributed by atoms with Gasteiger partial charge in [-0.15, -0.1) is 0 Å². The smallest absolute Gasteiger partial charge is 0.342 e. The standard InChI is InChI=1S/C14H17NO3/c1-14(2,3)12-11(13(16)17-4)9-7-8(15)5-6-10(9)18-12/h5-7H,15H2,1-4H3. The van der Waals surface area contributed by atoms with E-state index >= 15 is 0 Å². The number of furan rings is 1. The van der Waals surface area contributed by atoms with Gasteiger partial charge in [0.1, 0.15) is 16.9 Å². The predicted molar refractivity (Wildman–Crippen MR) is 70.7 cm³/mol. The molecular weight excluding hydrogens is 230 g/mol. The van der Waals surface area contributed by atoms with E-state index in [-0.39, 0.29) is 5.41 Å². The Labute approximate surface area is 106 Å². The summed E-state index contributed by atoms with van der Waals surface area (Å²) in [6, 6.07) is 5.26. The van der Waals surface area contributed by atoms with Gasteiger partial charge in [0.15, 0.2) is 0 Å². The zero-order valence-electron chi connectivity index (χ0n) is 11.0. The van der Waals surface area contributed by atoms with Crippen LogP contribution in [-0.4, -0.2) is 13.1 Å². The van der Waals surface area contributed by atoms with Crippen molar-refractivity contribution in [3.05, 3.63) is 29.5 Å². The summed E-state index contributed by atoms with van der Waals surface area (Å²) in [5, 5.41) is 0.701. The van der Waals surface area contributed by atoms with Gasteiger partial charge in [-0.3, -0.25) is 0 Å². The van der Waals surface area contributed by atoms with Crippen LogP contribution in [0, 0.1) is 0 Å². The summed E-state index contributed by atoms with van der Waals surface area (Å²) in [5.74, 6) is 0.222. The maximum absolute atomic E-state index is 11.9. The molecule has 0 saturated heterocycles. The summed E-state index contributed by atoms with van der Waals surface area (Å²) >= 11 is 0. The van der Waals surface area contributed by atoms with E-state index in [9.17, 15) is 4.79 Å². The SMILES string of the molecule is COC(=O)c1c(C(C)(C)C)oc2ccc(N)cc12. The second-order valence-corrected chi connectivity index (χ2v) is 5.30. The highest BCUT2D eigenvalue weighted by Gasteiger charge is 2.29. The van der Waals surface area contributed by atoms with E-state index in [4.69, 9.17) is 14.9 Å². The molecule has 0 unspecified atom stereocenters. The molecule has 1 aromatic carbocycles. The van der Waals surface area contributed by atoms with Crippen molar-refractivity contribution in [3.63, 3.8) is 0 Å². The molecule has 4 heteroatoms. The molecule has 0 spiro atoms. The molecule has 0 atom stereocenters. The minimum atomic E-state index is -0.399. The van der Waals surface area contributed by atoms with Crippen molar-refractivity contribution in [1.82, 2.24) is 0 Å². The van der Waals surface area contributed by atoms with Crippen molar-refractivity contribution >= 4 is 22.6 Å². The quantitative estimate of drug-likeness (QED) is 0.621. The normalized spacial score (nSPS) is 11.8. The number of hydrogen-bond donors (Lipinski definition) is 1. The lowest BCUT2D eigenvalue weighted by molar-refractivity contribution is 0.0598. The first kappa shape index (κ1) is 12.5. The summed E-state index contributed by atoms with van der Waals surface area (Å²) < 4.78 is 10.6. The molecular formula is C14H17NO3. The average Bonchev–Trinajstić information content (AvgIpc) is 2.66. The van der Waals surface area contributed by atoms with Gasteiger partial charge < -0.3 is 14.9 Å². The minimum Gasteiger partial charge on any atom is -0.465 e. The van der Waals surface area contributed by atoms with Crippen molar-refractivity contribution in [2.75, 3.05) is 12.8 Å². The molecule has 2 rings (SSSR count). The van der Waals surface area contributed by atoms with Crippen LogP contribution in [0.25, 0.3) is 11.0 Å². The Bertz CT molecular complexity index is 605. The fraction of sp³-hybridized carbons (Fsp3) is 0.357. The average molecular weight is 247 g/mol. The van der Waals surface area contributed by atoms with E-state index in [0.29, 0.717) is 28.0 Å². The van der Waals surface area contributed by atoms with Crippen LogP contribution >= 0.6 is 0 Å². The van der Waals surface area contributed by atoms with Crippen LogP contribution in [0.3, 0.4) is 0 Å². The summed E-state index contributed by atoms with van der Waals surface area (Å²) in [6.07, 6.45) is 0. The van der Waals surface area contributed by atoms with E-state index in [2.05, 4.69) is 0 Å². The third kappa shape index (κ3) is 1.94. The first-order valence-corrected chi connectivity index (χ1v) is 5.75. The number of rotatable bonds is 1. The van der Waals surface area contributed by atoms with Gasteiger partial charge in [0, 0.05) is 16.5 Å². The summed E-state index contributed by atoms with van der Waals surface area (Å²) in [5.41, 5.74) is 7.18. The van der Waals surface area contributed by atoms with Crippen molar-refractivity contribution in [1.29, 1.82) is 0 Å². The number of ether oxygens (including phenoxy) is 1. The topological polar surface area (TPSA) is 65.5 Å². The van der Waals surface area contributed by atoms with Crippen LogP contribution < -0.4 is 5.73 Å². The molecule has 0 bridgehead atoms. The summed E-state index contributed by atoms with van der Waals surface area (Å²) in [4.78, 5) is 11.9. The van der Waals surface area contributed by atoms with Crippen LogP contribution in [-0.2, 0) is 10.2 Å². The predicted octanol–water partition coefficient (Wildman–Crippen LogP) is 3.10. The molecule has 0 fully saturated rings. The molecule has 18 heavy (non-hydrogen) atoms. The zero-order valence-corrected chi connectivity index (χ0v) is 11.0. The lowest BCUT2D eigenvalue weighted by Crippen LogP contribution is -2.15. The highest BCUT2D eigenvalue weighted by Crippen LogP contribution is 2.35. The van der Waals surface area contributed by atoms with Crippen molar-refractivity contribution in [2.45, 2.75) is 26.2 Å². The molecule has 1 aromatic heterocycles. The van der Waals surface area contributed by atoms with Gasteiger partial charge in [0.25, 0.3) is 0 Å². The van der Waals surface area contributed by atoms with Gasteiger partial charge in [-0.25, -0.2) is 4.79 Å². The molecule has 4 nitrogen and oxygen atoms in total. The van der Waals surface area contributed by atoms with Crippen LogP contribution in [0.2, 0.25) is 0 Å². The first-order valence-electron chi connectivity index (χ1n) is 5.75. The highest BCUT2D eigenvalue weighted by atomic mass is 16.5. The summed E-state index contributed by atoms with van der Waals surface area (Å²) in [6.45, 7) is 5.96. The van der Waals surface area contributed by atoms with Crippen LogP contribution in [0.4, 0.5) is 5.69 Å². The molecule has 2 aromatic rings. The number of methoxy groups -OCH3 is 1. The Morgan fingerprint density at radius 2 is 2.00 bits per heavy atom. The number of hydrogen-bond acceptors (Lipinski definition) is 4. The lowest BCUT2D eigenvalue weighted by Gasteiger charge is -2.16. The van der Waals surface area contributed by atoms with Crippen LogP contribution in [0.5, 0.6) is 0 Å². The number of anilines is 1. The highest BCUT2D eigenvalue weighted by molar-refractivity contribution is 6.05. The Balaban J connectivity index is 2.82. The maximum atomic E-state index is 11.9. The Morgan fingerprint density at radius 1 is 1.33 bits per heavy atom. The van der Waals surface area contributed by atoms with Gasteiger partial charge in [-0.2, -0.15) is 0 Å². The summed E-state index contributed by atoms with van der Waals surface area (Å²) in [7, 11) is 1.36. The third-order valence-corrected chi connectivity index (χ3v) is 2.78. The Kier molecular flexibility index (Phi) is 2.81. The molecule has 0 aliphatic heterocycles. The third-order valence-electron chi connectivity index (χ3n) is 2.78. The second-order valence-electron chi connectivity index (χ2n) is 5.30. The monoisotopic (exact) mass is 247 g/mol. The number of nitrogens with two attached hydrogens (primary N) is 1. The Morgan fingerprint density at radius 3 is 2.56 bits per heavy atom. The maximum Gasteiger partial charge on any atom is 0.342 e. The molecule has 96 valence electrons. The molecule has 2 N–H and O–H groups in total. The lowest BCUT2D eigenvalue weighted by atomic mass is 9.89.